The van der Waals surface area contributed by atoms with Crippen LogP contribution in [0.1, 0.15) is 12.8 Å². The largest absolute Gasteiger partial charge is 0.269 e. The lowest BCUT2D eigenvalue weighted by atomic mass is 10.3. The summed E-state index contributed by atoms with van der Waals surface area (Å²) in [6.07, 6.45) is 1.64. The van der Waals surface area contributed by atoms with E-state index in [0.29, 0.717) is 4.90 Å². The molecular weight excluding hydrogens is 216 g/mol. The molecule has 1 aromatic carbocycles. The molecule has 1 saturated carbocycles. The highest BCUT2D eigenvalue weighted by atomic mass is 32.2. The molecule has 0 amide bonds. The first-order chi connectivity index (χ1) is 7.01. The maximum atomic E-state index is 11.9. The number of nitrogens with zero attached hydrogens (tertiary/aromatic N) is 1. The van der Waals surface area contributed by atoms with E-state index in [0.717, 1.165) is 12.8 Å². The van der Waals surface area contributed by atoms with Crippen LogP contribution in [-0.2, 0) is 9.73 Å². The van der Waals surface area contributed by atoms with Crippen LogP contribution in [0.3, 0.4) is 0 Å². The molecular formula is C9H10N2O3S. The molecule has 2 rings (SSSR count). The van der Waals surface area contributed by atoms with E-state index in [2.05, 4.69) is 0 Å². The zero-order valence-electron chi connectivity index (χ0n) is 7.88. The topological polar surface area (TPSA) is 84.1 Å². The van der Waals surface area contributed by atoms with Gasteiger partial charge in [-0.05, 0) is 25.0 Å². The molecule has 1 N–H and O–H groups in total. The molecule has 1 aliphatic rings. The van der Waals surface area contributed by atoms with Gasteiger partial charge in [-0.15, -0.1) is 0 Å². The van der Waals surface area contributed by atoms with Crippen LogP contribution in [-0.4, -0.2) is 14.4 Å². The third-order valence-corrected chi connectivity index (χ3v) is 4.77. The second-order valence-electron chi connectivity index (χ2n) is 3.55. The van der Waals surface area contributed by atoms with Gasteiger partial charge in [0.25, 0.3) is 5.69 Å². The van der Waals surface area contributed by atoms with Gasteiger partial charge in [0.05, 0.1) is 14.7 Å². The van der Waals surface area contributed by atoms with Crippen LogP contribution in [0.5, 0.6) is 0 Å². The minimum atomic E-state index is -2.73. The molecule has 1 unspecified atom stereocenters. The van der Waals surface area contributed by atoms with E-state index >= 15 is 0 Å². The van der Waals surface area contributed by atoms with Crippen molar-refractivity contribution in [3.8, 4) is 0 Å². The van der Waals surface area contributed by atoms with Crippen LogP contribution in [0.2, 0.25) is 0 Å². The highest BCUT2D eigenvalue weighted by molar-refractivity contribution is 7.93. The molecule has 1 fully saturated rings. The third-order valence-electron chi connectivity index (χ3n) is 2.39. The van der Waals surface area contributed by atoms with E-state index in [-0.39, 0.29) is 10.9 Å². The van der Waals surface area contributed by atoms with E-state index in [4.69, 9.17) is 4.78 Å². The second-order valence-corrected chi connectivity index (χ2v) is 5.89. The minimum absolute atomic E-state index is 0.0373. The highest BCUT2D eigenvalue weighted by Crippen LogP contribution is 2.34. The fraction of sp³-hybridized carbons (Fsp3) is 0.333. The molecule has 15 heavy (non-hydrogen) atoms. The molecule has 0 saturated heterocycles. The van der Waals surface area contributed by atoms with E-state index in [9.17, 15) is 14.3 Å². The fourth-order valence-corrected chi connectivity index (χ4v) is 3.09. The lowest BCUT2D eigenvalue weighted by Crippen LogP contribution is -2.04. The van der Waals surface area contributed by atoms with Crippen molar-refractivity contribution in [1.82, 2.24) is 0 Å². The van der Waals surface area contributed by atoms with Crippen molar-refractivity contribution < 1.29 is 9.13 Å². The fourth-order valence-electron chi connectivity index (χ4n) is 1.36. The maximum Gasteiger partial charge on any atom is 0.269 e. The van der Waals surface area contributed by atoms with Gasteiger partial charge in [-0.2, -0.15) is 0 Å². The van der Waals surface area contributed by atoms with Crippen molar-refractivity contribution >= 4 is 15.4 Å². The molecule has 80 valence electrons. The predicted molar refractivity (Wildman–Crippen MR) is 55.2 cm³/mol. The van der Waals surface area contributed by atoms with E-state index in [1.54, 1.807) is 0 Å². The Kier molecular flexibility index (Phi) is 2.22. The van der Waals surface area contributed by atoms with Crippen LogP contribution in [0, 0.1) is 14.9 Å². The molecule has 0 bridgehead atoms. The van der Waals surface area contributed by atoms with Crippen molar-refractivity contribution in [3.05, 3.63) is 34.4 Å². The molecule has 0 aliphatic heterocycles. The first kappa shape index (κ1) is 10.1. The quantitative estimate of drug-likeness (QED) is 0.633. The van der Waals surface area contributed by atoms with Gasteiger partial charge in [-0.1, -0.05) is 0 Å². The van der Waals surface area contributed by atoms with Gasteiger partial charge in [0.2, 0.25) is 0 Å². The van der Waals surface area contributed by atoms with Gasteiger partial charge in [0.15, 0.2) is 0 Å². The molecule has 0 heterocycles. The first-order valence-electron chi connectivity index (χ1n) is 4.54. The van der Waals surface area contributed by atoms with Crippen LogP contribution in [0.25, 0.3) is 0 Å². The number of benzene rings is 1. The summed E-state index contributed by atoms with van der Waals surface area (Å²) in [6.45, 7) is 0. The summed E-state index contributed by atoms with van der Waals surface area (Å²) in [6, 6.07) is 5.44. The summed E-state index contributed by atoms with van der Waals surface area (Å²) in [5.74, 6) is 0. The molecule has 1 atom stereocenters. The Hall–Kier alpha value is -1.43. The monoisotopic (exact) mass is 226 g/mol. The average Bonchev–Trinajstić information content (AvgIpc) is 3.01. The second kappa shape index (κ2) is 3.30. The summed E-state index contributed by atoms with van der Waals surface area (Å²) in [5, 5.41) is 10.3. The Labute approximate surface area is 87.2 Å². The summed E-state index contributed by atoms with van der Waals surface area (Å²) < 4.78 is 19.6. The van der Waals surface area contributed by atoms with Crippen molar-refractivity contribution in [2.75, 3.05) is 0 Å². The Morgan fingerprint density at radius 3 is 2.27 bits per heavy atom. The third kappa shape index (κ3) is 1.85. The molecule has 0 radical (unpaired) electrons. The Bertz CT molecular complexity index is 489. The summed E-state index contributed by atoms with van der Waals surface area (Å²) in [4.78, 5) is 10.3. The molecule has 5 nitrogen and oxygen atoms in total. The Balaban J connectivity index is 2.35. The van der Waals surface area contributed by atoms with Crippen molar-refractivity contribution in [2.24, 2.45) is 0 Å². The SMILES string of the molecule is N=S(=O)(c1ccc([N+](=O)[O-])cc1)C1CC1. The van der Waals surface area contributed by atoms with Gasteiger partial charge >= 0.3 is 0 Å². The van der Waals surface area contributed by atoms with Crippen LogP contribution in [0.15, 0.2) is 29.2 Å². The number of rotatable bonds is 3. The number of hydrogen-bond donors (Lipinski definition) is 1. The number of hydrogen-bond acceptors (Lipinski definition) is 4. The van der Waals surface area contributed by atoms with E-state index in [1.165, 1.54) is 24.3 Å². The summed E-state index contributed by atoms with van der Waals surface area (Å²) in [5.41, 5.74) is -0.0373. The van der Waals surface area contributed by atoms with E-state index in [1.807, 2.05) is 0 Å². The van der Waals surface area contributed by atoms with Crippen LogP contribution >= 0.6 is 0 Å². The smallest absolute Gasteiger partial charge is 0.258 e. The minimum Gasteiger partial charge on any atom is -0.258 e. The van der Waals surface area contributed by atoms with Gasteiger partial charge in [0.1, 0.15) is 0 Å². The highest BCUT2D eigenvalue weighted by Gasteiger charge is 2.33. The zero-order valence-corrected chi connectivity index (χ0v) is 8.70. The van der Waals surface area contributed by atoms with Gasteiger partial charge in [-0.25, -0.2) is 8.99 Å². The number of non-ortho nitro benzene ring substituents is 1. The van der Waals surface area contributed by atoms with Gasteiger partial charge in [0, 0.05) is 22.3 Å². The summed E-state index contributed by atoms with van der Waals surface area (Å²) >= 11 is 0. The van der Waals surface area contributed by atoms with E-state index < -0.39 is 14.7 Å². The Morgan fingerprint density at radius 2 is 1.87 bits per heavy atom. The first-order valence-corrected chi connectivity index (χ1v) is 6.16. The van der Waals surface area contributed by atoms with Crippen LogP contribution in [0.4, 0.5) is 5.69 Å². The van der Waals surface area contributed by atoms with Crippen molar-refractivity contribution in [2.45, 2.75) is 23.0 Å². The number of nitrogens with one attached hydrogen (secondary N) is 1. The predicted octanol–water partition coefficient (Wildman–Crippen LogP) is 2.16. The normalized spacial score (nSPS) is 19.5. The van der Waals surface area contributed by atoms with Crippen molar-refractivity contribution in [3.63, 3.8) is 0 Å². The number of nitro benzene ring substituents is 1. The number of nitro groups is 1. The lowest BCUT2D eigenvalue weighted by molar-refractivity contribution is -0.384. The maximum absolute atomic E-state index is 11.9. The average molecular weight is 226 g/mol. The molecule has 0 aromatic heterocycles. The van der Waals surface area contributed by atoms with Crippen LogP contribution < -0.4 is 0 Å². The van der Waals surface area contributed by atoms with Gasteiger partial charge in [-0.3, -0.25) is 10.1 Å². The van der Waals surface area contributed by atoms with Gasteiger partial charge < -0.3 is 0 Å². The molecule has 0 spiro atoms. The Morgan fingerprint density at radius 1 is 1.33 bits per heavy atom. The molecule has 1 aromatic rings. The molecule has 1 aliphatic carbocycles. The zero-order chi connectivity index (χ0) is 11.1. The van der Waals surface area contributed by atoms with Crippen molar-refractivity contribution in [1.29, 1.82) is 4.78 Å². The molecule has 6 heteroatoms. The standard InChI is InChI=1S/C9H10N2O3S/c10-15(14,9-5-6-9)8-3-1-7(2-4-8)11(12)13/h1-4,9-10H,5-6H2. The summed E-state index contributed by atoms with van der Waals surface area (Å²) in [7, 11) is -2.73. The lowest BCUT2D eigenvalue weighted by Gasteiger charge is -2.04.